The van der Waals surface area contributed by atoms with E-state index in [2.05, 4.69) is 34.4 Å². The molecule has 1 fully saturated rings. The van der Waals surface area contributed by atoms with Gasteiger partial charge >= 0.3 is 0 Å². The fraction of sp³-hybridized carbons (Fsp3) is 0.467. The van der Waals surface area contributed by atoms with Gasteiger partial charge in [0, 0.05) is 0 Å². The van der Waals surface area contributed by atoms with Gasteiger partial charge in [0.2, 0.25) is 5.89 Å². The molecule has 4 heteroatoms. The molecule has 0 spiro atoms. The molecule has 1 heterocycles. The Morgan fingerprint density at radius 1 is 1.32 bits per heavy atom. The molecule has 2 unspecified atom stereocenters. The van der Waals surface area contributed by atoms with Crippen LogP contribution in [0, 0.1) is 5.92 Å². The van der Waals surface area contributed by atoms with Gasteiger partial charge in [0.05, 0.1) is 11.5 Å². The minimum absolute atomic E-state index is 0.281. The number of rotatable bonds is 3. The van der Waals surface area contributed by atoms with Gasteiger partial charge in [0.15, 0.2) is 5.82 Å². The highest BCUT2D eigenvalue weighted by atomic mass is 16.5. The second-order valence-electron chi connectivity index (χ2n) is 5.97. The fourth-order valence-electron chi connectivity index (χ4n) is 2.94. The first kappa shape index (κ1) is 11.2. The van der Waals surface area contributed by atoms with Crippen molar-refractivity contribution in [1.82, 2.24) is 10.1 Å². The highest BCUT2D eigenvalue weighted by Gasteiger charge is 2.44. The zero-order chi connectivity index (χ0) is 13.0. The van der Waals surface area contributed by atoms with Crippen LogP contribution >= 0.6 is 0 Å². The fourth-order valence-corrected chi connectivity index (χ4v) is 2.94. The molecule has 98 valence electrons. The summed E-state index contributed by atoms with van der Waals surface area (Å²) in [6, 6.07) is 8.43. The van der Waals surface area contributed by atoms with Crippen molar-refractivity contribution in [2.75, 3.05) is 0 Å². The number of fused-ring (bicyclic) bond motifs is 1. The van der Waals surface area contributed by atoms with Crippen LogP contribution in [-0.4, -0.2) is 10.1 Å². The molecule has 4 nitrogen and oxygen atoms in total. The molecule has 4 rings (SSSR count). The summed E-state index contributed by atoms with van der Waals surface area (Å²) in [6.45, 7) is 2.00. The largest absolute Gasteiger partial charge is 0.337 e. The van der Waals surface area contributed by atoms with E-state index >= 15 is 0 Å². The maximum absolute atomic E-state index is 6.31. The summed E-state index contributed by atoms with van der Waals surface area (Å²) in [5.74, 6) is 2.15. The van der Waals surface area contributed by atoms with Gasteiger partial charge in [-0.25, -0.2) is 0 Å². The van der Waals surface area contributed by atoms with Crippen molar-refractivity contribution < 1.29 is 4.52 Å². The van der Waals surface area contributed by atoms with E-state index in [-0.39, 0.29) is 5.92 Å². The molecule has 2 aliphatic carbocycles. The maximum Gasteiger partial charge on any atom is 0.246 e. The van der Waals surface area contributed by atoms with Crippen molar-refractivity contribution in [1.29, 1.82) is 0 Å². The first-order valence-electron chi connectivity index (χ1n) is 6.87. The SMILES string of the molecule is CC(N)(c1nc(C2Cc3ccccc32)no1)C1CC1. The zero-order valence-corrected chi connectivity index (χ0v) is 11.0. The molecule has 0 bridgehead atoms. The lowest BCUT2D eigenvalue weighted by Gasteiger charge is -2.27. The number of nitrogens with zero attached hydrogens (tertiary/aromatic N) is 2. The van der Waals surface area contributed by atoms with Crippen LogP contribution in [0.4, 0.5) is 0 Å². The lowest BCUT2D eigenvalue weighted by atomic mass is 9.77. The molecule has 1 aromatic carbocycles. The van der Waals surface area contributed by atoms with Crippen molar-refractivity contribution in [3.8, 4) is 0 Å². The predicted molar refractivity (Wildman–Crippen MR) is 70.6 cm³/mol. The first-order valence-corrected chi connectivity index (χ1v) is 6.87. The number of nitrogens with two attached hydrogens (primary N) is 1. The van der Waals surface area contributed by atoms with Crippen LogP contribution in [0.3, 0.4) is 0 Å². The van der Waals surface area contributed by atoms with Gasteiger partial charge in [-0.3, -0.25) is 0 Å². The topological polar surface area (TPSA) is 64.9 Å². The summed E-state index contributed by atoms with van der Waals surface area (Å²) in [5, 5.41) is 4.15. The molecule has 1 aromatic heterocycles. The summed E-state index contributed by atoms with van der Waals surface area (Å²) in [4.78, 5) is 4.56. The van der Waals surface area contributed by atoms with Crippen LogP contribution in [-0.2, 0) is 12.0 Å². The smallest absolute Gasteiger partial charge is 0.246 e. The van der Waals surface area contributed by atoms with Gasteiger partial charge in [-0.15, -0.1) is 0 Å². The van der Waals surface area contributed by atoms with Crippen LogP contribution in [0.1, 0.15) is 48.5 Å². The summed E-state index contributed by atoms with van der Waals surface area (Å²) in [7, 11) is 0. The van der Waals surface area contributed by atoms with Crippen molar-refractivity contribution in [3.05, 3.63) is 47.1 Å². The number of aromatic nitrogens is 2. The molecule has 0 radical (unpaired) electrons. The van der Waals surface area contributed by atoms with E-state index in [0.29, 0.717) is 11.8 Å². The summed E-state index contributed by atoms with van der Waals surface area (Å²) in [6.07, 6.45) is 3.33. The second-order valence-corrected chi connectivity index (χ2v) is 5.97. The van der Waals surface area contributed by atoms with Gasteiger partial charge in [0.1, 0.15) is 0 Å². The Morgan fingerprint density at radius 3 is 2.84 bits per heavy atom. The van der Waals surface area contributed by atoms with E-state index in [1.54, 1.807) is 0 Å². The molecular weight excluding hydrogens is 238 g/mol. The Balaban J connectivity index is 1.63. The van der Waals surface area contributed by atoms with Gasteiger partial charge in [-0.2, -0.15) is 4.98 Å². The molecule has 2 atom stereocenters. The van der Waals surface area contributed by atoms with Gasteiger partial charge in [0.25, 0.3) is 0 Å². The number of hydrogen-bond donors (Lipinski definition) is 1. The average molecular weight is 255 g/mol. The average Bonchev–Trinajstić information content (AvgIpc) is 3.11. The van der Waals surface area contributed by atoms with Crippen LogP contribution in [0.2, 0.25) is 0 Å². The lowest BCUT2D eigenvalue weighted by molar-refractivity contribution is 0.271. The minimum atomic E-state index is -0.464. The monoisotopic (exact) mass is 255 g/mol. The second kappa shape index (κ2) is 3.67. The first-order chi connectivity index (χ1) is 9.16. The Kier molecular flexibility index (Phi) is 2.16. The standard InChI is InChI=1S/C15H17N3O/c1-15(16,10-6-7-10)14-17-13(18-19-14)12-8-9-4-2-3-5-11(9)12/h2-5,10,12H,6-8,16H2,1H3. The summed E-state index contributed by atoms with van der Waals surface area (Å²) < 4.78 is 5.42. The third-order valence-corrected chi connectivity index (χ3v) is 4.49. The van der Waals surface area contributed by atoms with Crippen LogP contribution in [0.5, 0.6) is 0 Å². The lowest BCUT2D eigenvalue weighted by Crippen LogP contribution is -2.36. The van der Waals surface area contributed by atoms with Crippen molar-refractivity contribution in [3.63, 3.8) is 0 Å². The molecule has 2 aliphatic rings. The van der Waals surface area contributed by atoms with Crippen molar-refractivity contribution in [2.45, 2.75) is 37.6 Å². The van der Waals surface area contributed by atoms with E-state index in [9.17, 15) is 0 Å². The van der Waals surface area contributed by atoms with Gasteiger partial charge in [-0.1, -0.05) is 29.4 Å². The Labute approximate surface area is 112 Å². The summed E-state index contributed by atoms with van der Waals surface area (Å²) >= 11 is 0. The molecule has 2 N–H and O–H groups in total. The Hall–Kier alpha value is -1.68. The summed E-state index contributed by atoms with van der Waals surface area (Å²) in [5.41, 5.74) is 8.56. The third kappa shape index (κ3) is 1.63. The molecule has 0 saturated heterocycles. The van der Waals surface area contributed by atoms with E-state index in [0.717, 1.165) is 25.1 Å². The molecule has 1 saturated carbocycles. The molecular formula is C15H17N3O. The molecule has 0 aliphatic heterocycles. The van der Waals surface area contributed by atoms with Crippen LogP contribution in [0.15, 0.2) is 28.8 Å². The van der Waals surface area contributed by atoms with Gasteiger partial charge in [-0.05, 0) is 43.2 Å². The van der Waals surface area contributed by atoms with E-state index in [1.807, 2.05) is 6.92 Å². The van der Waals surface area contributed by atoms with E-state index in [4.69, 9.17) is 10.3 Å². The van der Waals surface area contributed by atoms with Crippen molar-refractivity contribution >= 4 is 0 Å². The Bertz CT molecular complexity index is 628. The molecule has 2 aromatic rings. The zero-order valence-electron chi connectivity index (χ0n) is 11.0. The van der Waals surface area contributed by atoms with E-state index in [1.165, 1.54) is 11.1 Å². The minimum Gasteiger partial charge on any atom is -0.337 e. The van der Waals surface area contributed by atoms with E-state index < -0.39 is 5.54 Å². The third-order valence-electron chi connectivity index (χ3n) is 4.49. The quantitative estimate of drug-likeness (QED) is 0.914. The van der Waals surface area contributed by atoms with Crippen molar-refractivity contribution in [2.24, 2.45) is 11.7 Å². The molecule has 19 heavy (non-hydrogen) atoms. The predicted octanol–water partition coefficient (Wildman–Crippen LogP) is 2.34. The van der Waals surface area contributed by atoms with Gasteiger partial charge < -0.3 is 10.3 Å². The van der Waals surface area contributed by atoms with Crippen LogP contribution < -0.4 is 5.73 Å². The number of benzene rings is 1. The maximum atomic E-state index is 6.31. The Morgan fingerprint density at radius 2 is 2.11 bits per heavy atom. The highest BCUT2D eigenvalue weighted by molar-refractivity contribution is 5.43. The normalized spacial score (nSPS) is 24.4. The highest BCUT2D eigenvalue weighted by Crippen LogP contribution is 2.44. The number of hydrogen-bond acceptors (Lipinski definition) is 4. The molecule has 0 amide bonds. The van der Waals surface area contributed by atoms with Crippen LogP contribution in [0.25, 0.3) is 0 Å².